The Bertz CT molecular complexity index is 790. The molecule has 0 N–H and O–H groups in total. The van der Waals surface area contributed by atoms with Gasteiger partial charge in [0.25, 0.3) is 0 Å². The van der Waals surface area contributed by atoms with Gasteiger partial charge in [0.15, 0.2) is 0 Å². The minimum absolute atomic E-state index is 0.0902. The maximum absolute atomic E-state index is 13.0. The van der Waals surface area contributed by atoms with E-state index in [0.29, 0.717) is 31.3 Å². The first kappa shape index (κ1) is 19.9. The normalized spacial score (nSPS) is 20.6. The third kappa shape index (κ3) is 4.36. The average Bonchev–Trinajstić information content (AvgIpc) is 2.89. The number of halogens is 1. The molecule has 1 fully saturated rings. The molecule has 0 spiro atoms. The smallest absolute Gasteiger partial charge is 0.313 e. The van der Waals surface area contributed by atoms with Crippen molar-refractivity contribution in [2.75, 3.05) is 19.7 Å². The van der Waals surface area contributed by atoms with Crippen LogP contribution in [0.5, 0.6) is 0 Å². The van der Waals surface area contributed by atoms with Crippen LogP contribution in [0, 0.1) is 12.3 Å². The molecule has 1 aromatic carbocycles. The Kier molecular flexibility index (Phi) is 6.22. The lowest BCUT2D eigenvalue weighted by Gasteiger charge is -2.41. The number of piperidine rings is 1. The van der Waals surface area contributed by atoms with E-state index in [-0.39, 0.29) is 5.97 Å². The zero-order valence-corrected chi connectivity index (χ0v) is 17.1. The lowest BCUT2D eigenvalue weighted by atomic mass is 9.75. The number of aryl methyl sites for hydroxylation is 2. The van der Waals surface area contributed by atoms with Gasteiger partial charge in [-0.2, -0.15) is 5.10 Å². The summed E-state index contributed by atoms with van der Waals surface area (Å²) in [6.07, 6.45) is 2.50. The third-order valence-electron chi connectivity index (χ3n) is 5.40. The maximum atomic E-state index is 13.0. The van der Waals surface area contributed by atoms with Crippen LogP contribution in [0.4, 0.5) is 0 Å². The van der Waals surface area contributed by atoms with Gasteiger partial charge in [-0.05, 0) is 45.2 Å². The van der Waals surface area contributed by atoms with Gasteiger partial charge in [-0.15, -0.1) is 0 Å². The predicted molar refractivity (Wildman–Crippen MR) is 107 cm³/mol. The highest BCUT2D eigenvalue weighted by atomic mass is 35.5. The molecule has 5 nitrogen and oxygen atoms in total. The summed E-state index contributed by atoms with van der Waals surface area (Å²) in [4.78, 5) is 15.3. The number of nitrogens with zero attached hydrogens (tertiary/aromatic N) is 3. The zero-order chi connectivity index (χ0) is 19.4. The van der Waals surface area contributed by atoms with Gasteiger partial charge in [0.1, 0.15) is 5.15 Å². The number of hydrogen-bond acceptors (Lipinski definition) is 4. The minimum atomic E-state index is -0.516. The average molecular weight is 390 g/mol. The summed E-state index contributed by atoms with van der Waals surface area (Å²) < 4.78 is 7.21. The van der Waals surface area contributed by atoms with Gasteiger partial charge in [0, 0.05) is 25.7 Å². The molecular formula is C21H28ClN3O2. The Morgan fingerprint density at radius 1 is 1.33 bits per heavy atom. The predicted octanol–water partition coefficient (Wildman–Crippen LogP) is 3.77. The van der Waals surface area contributed by atoms with Crippen LogP contribution in [0.2, 0.25) is 5.15 Å². The number of aromatic nitrogens is 2. The molecule has 1 saturated heterocycles. The fourth-order valence-corrected chi connectivity index (χ4v) is 4.33. The number of hydrogen-bond donors (Lipinski definition) is 0. The number of esters is 1. The van der Waals surface area contributed by atoms with Crippen molar-refractivity contribution in [2.24, 2.45) is 12.5 Å². The van der Waals surface area contributed by atoms with Crippen molar-refractivity contribution in [1.82, 2.24) is 14.7 Å². The van der Waals surface area contributed by atoms with Crippen LogP contribution in [0.15, 0.2) is 30.3 Å². The van der Waals surface area contributed by atoms with E-state index in [2.05, 4.69) is 22.1 Å². The Morgan fingerprint density at radius 3 is 2.70 bits per heavy atom. The summed E-state index contributed by atoms with van der Waals surface area (Å²) in [6, 6.07) is 10.2. The van der Waals surface area contributed by atoms with Crippen molar-refractivity contribution in [3.8, 4) is 0 Å². The molecule has 1 aliphatic rings. The van der Waals surface area contributed by atoms with Crippen molar-refractivity contribution in [2.45, 2.75) is 39.7 Å². The van der Waals surface area contributed by atoms with E-state index < -0.39 is 5.41 Å². The lowest BCUT2D eigenvalue weighted by Crippen LogP contribution is -2.49. The van der Waals surface area contributed by atoms with Crippen molar-refractivity contribution >= 4 is 17.6 Å². The van der Waals surface area contributed by atoms with E-state index in [4.69, 9.17) is 16.3 Å². The largest absolute Gasteiger partial charge is 0.466 e. The highest BCUT2D eigenvalue weighted by Crippen LogP contribution is 2.36. The van der Waals surface area contributed by atoms with Gasteiger partial charge in [0.05, 0.1) is 17.7 Å². The Balaban J connectivity index is 1.84. The number of carbonyl (C=O) groups is 1. The fraction of sp³-hybridized carbons (Fsp3) is 0.524. The quantitative estimate of drug-likeness (QED) is 0.705. The van der Waals surface area contributed by atoms with Crippen LogP contribution < -0.4 is 0 Å². The lowest BCUT2D eigenvalue weighted by molar-refractivity contribution is -0.159. The van der Waals surface area contributed by atoms with Gasteiger partial charge in [-0.3, -0.25) is 14.4 Å². The first-order chi connectivity index (χ1) is 12.9. The van der Waals surface area contributed by atoms with Crippen LogP contribution in [-0.4, -0.2) is 40.3 Å². The molecule has 2 aromatic rings. The number of likely N-dealkylation sites (tertiary alicyclic amines) is 1. The second-order valence-corrected chi connectivity index (χ2v) is 7.81. The van der Waals surface area contributed by atoms with Gasteiger partial charge in [0.2, 0.25) is 0 Å². The molecule has 0 radical (unpaired) electrons. The van der Waals surface area contributed by atoms with Crippen LogP contribution in [0.1, 0.15) is 36.6 Å². The van der Waals surface area contributed by atoms with E-state index in [1.54, 1.807) is 4.68 Å². The molecule has 0 bridgehead atoms. The van der Waals surface area contributed by atoms with Gasteiger partial charge in [-0.25, -0.2) is 0 Å². The highest BCUT2D eigenvalue weighted by Gasteiger charge is 2.43. The van der Waals surface area contributed by atoms with Crippen molar-refractivity contribution < 1.29 is 9.53 Å². The number of benzene rings is 1. The Morgan fingerprint density at radius 2 is 2.07 bits per heavy atom. The molecule has 1 atom stereocenters. The number of ether oxygens (including phenoxy) is 1. The molecule has 0 unspecified atom stereocenters. The minimum Gasteiger partial charge on any atom is -0.466 e. The molecule has 0 amide bonds. The van der Waals surface area contributed by atoms with E-state index in [0.717, 1.165) is 30.6 Å². The number of rotatable bonds is 6. The summed E-state index contributed by atoms with van der Waals surface area (Å²) in [5.41, 5.74) is 2.64. The first-order valence-corrected chi connectivity index (χ1v) is 9.94. The molecule has 0 aliphatic carbocycles. The maximum Gasteiger partial charge on any atom is 0.313 e. The van der Waals surface area contributed by atoms with E-state index >= 15 is 0 Å². The van der Waals surface area contributed by atoms with Gasteiger partial charge in [-0.1, -0.05) is 41.9 Å². The monoisotopic (exact) mass is 389 g/mol. The van der Waals surface area contributed by atoms with Crippen molar-refractivity contribution in [3.63, 3.8) is 0 Å². The Hall–Kier alpha value is -1.85. The summed E-state index contributed by atoms with van der Waals surface area (Å²) in [5.74, 6) is -0.0902. The van der Waals surface area contributed by atoms with Crippen LogP contribution in [-0.2, 0) is 29.5 Å². The van der Waals surface area contributed by atoms with E-state index in [1.165, 1.54) is 5.56 Å². The molecule has 27 heavy (non-hydrogen) atoms. The van der Waals surface area contributed by atoms with Crippen LogP contribution >= 0.6 is 11.6 Å². The summed E-state index contributed by atoms with van der Waals surface area (Å²) in [6.45, 7) is 6.57. The fourth-order valence-electron chi connectivity index (χ4n) is 4.09. The summed E-state index contributed by atoms with van der Waals surface area (Å²) in [5, 5.41) is 5.08. The molecule has 3 rings (SSSR count). The molecule has 2 heterocycles. The molecule has 146 valence electrons. The number of carbonyl (C=O) groups excluding carboxylic acids is 1. The zero-order valence-electron chi connectivity index (χ0n) is 16.4. The van der Waals surface area contributed by atoms with E-state index in [9.17, 15) is 4.79 Å². The van der Waals surface area contributed by atoms with Crippen LogP contribution in [0.25, 0.3) is 0 Å². The second-order valence-electron chi connectivity index (χ2n) is 7.46. The van der Waals surface area contributed by atoms with Crippen molar-refractivity contribution in [3.05, 3.63) is 52.3 Å². The SMILES string of the molecule is CCOC(=O)[C@@]1(Cc2ccccc2)CCCN(Cc2c(C)nn(C)c2Cl)C1. The van der Waals surface area contributed by atoms with E-state index in [1.807, 2.05) is 39.1 Å². The van der Waals surface area contributed by atoms with Gasteiger partial charge < -0.3 is 4.74 Å². The molecule has 1 aromatic heterocycles. The molecule has 1 aliphatic heterocycles. The second kappa shape index (κ2) is 8.44. The molecular weight excluding hydrogens is 362 g/mol. The van der Waals surface area contributed by atoms with Crippen molar-refractivity contribution in [1.29, 1.82) is 0 Å². The standard InChI is InChI=1S/C21H28ClN3O2/c1-4-27-20(26)21(13-17-9-6-5-7-10-17)11-8-12-25(15-21)14-18-16(2)23-24(3)19(18)22/h5-7,9-10H,4,8,11-15H2,1-3H3/t21-/m1/s1. The molecule has 6 heteroatoms. The van der Waals surface area contributed by atoms with Crippen LogP contribution in [0.3, 0.4) is 0 Å². The Labute approximate surface area is 166 Å². The summed E-state index contributed by atoms with van der Waals surface area (Å²) >= 11 is 6.43. The first-order valence-electron chi connectivity index (χ1n) is 9.56. The highest BCUT2D eigenvalue weighted by molar-refractivity contribution is 6.30. The third-order valence-corrected chi connectivity index (χ3v) is 5.87. The summed E-state index contributed by atoms with van der Waals surface area (Å²) in [7, 11) is 1.85. The van der Waals surface area contributed by atoms with Gasteiger partial charge >= 0.3 is 5.97 Å². The topological polar surface area (TPSA) is 47.4 Å². The molecule has 0 saturated carbocycles.